The van der Waals surface area contributed by atoms with Gasteiger partial charge >= 0.3 is 0 Å². The van der Waals surface area contributed by atoms with E-state index in [-0.39, 0.29) is 11.7 Å². The summed E-state index contributed by atoms with van der Waals surface area (Å²) in [6, 6.07) is 10.4. The Hall–Kier alpha value is -2.82. The first-order valence-corrected chi connectivity index (χ1v) is 7.11. The van der Waals surface area contributed by atoms with Crippen molar-refractivity contribution in [3.8, 4) is 11.5 Å². The third-order valence-corrected chi connectivity index (χ3v) is 3.39. The molecule has 0 aromatic heterocycles. The van der Waals surface area contributed by atoms with Crippen LogP contribution in [-0.2, 0) is 4.79 Å². The number of methoxy groups -OCH3 is 2. The molecule has 2 aromatic carbocycles. The van der Waals surface area contributed by atoms with Crippen molar-refractivity contribution in [2.75, 3.05) is 19.5 Å². The third kappa shape index (κ3) is 3.69. The molecule has 0 saturated carbocycles. The van der Waals surface area contributed by atoms with Gasteiger partial charge in [0.1, 0.15) is 0 Å². The summed E-state index contributed by atoms with van der Waals surface area (Å²) in [5.41, 5.74) is 2.34. The highest BCUT2D eigenvalue weighted by Gasteiger charge is 2.19. The molecule has 0 aliphatic carbocycles. The number of hydrogen-bond acceptors (Lipinski definition) is 4. The number of benzene rings is 2. The van der Waals surface area contributed by atoms with E-state index < -0.39 is 0 Å². The molecule has 0 saturated heterocycles. The van der Waals surface area contributed by atoms with Crippen LogP contribution in [-0.4, -0.2) is 25.9 Å². The number of rotatable bonds is 5. The van der Waals surface area contributed by atoms with Crippen molar-refractivity contribution in [2.45, 2.75) is 13.8 Å². The minimum Gasteiger partial charge on any atom is -0.493 e. The number of carbonyl (C=O) groups excluding carboxylic acids is 2. The molecular weight excluding hydrogens is 294 g/mol. The zero-order valence-corrected chi connectivity index (χ0v) is 13.6. The van der Waals surface area contributed by atoms with Gasteiger partial charge in [0.2, 0.25) is 5.91 Å². The first-order chi connectivity index (χ1) is 11.0. The standard InChI is InChI=1S/C18H19NO4/c1-11-5-7-13(8-6-11)18(21)14-9-16(22-3)17(23-4)10-15(14)19-12(2)20/h5-10H,1-4H3,(H,19,20). The van der Waals surface area contributed by atoms with Gasteiger partial charge in [0.15, 0.2) is 17.3 Å². The molecule has 0 unspecified atom stereocenters. The van der Waals surface area contributed by atoms with Crippen LogP contribution < -0.4 is 14.8 Å². The lowest BCUT2D eigenvalue weighted by atomic mass is 10.00. The van der Waals surface area contributed by atoms with E-state index in [0.29, 0.717) is 28.3 Å². The lowest BCUT2D eigenvalue weighted by molar-refractivity contribution is -0.114. The Labute approximate surface area is 135 Å². The Kier molecular flexibility index (Phi) is 5.01. The molecule has 23 heavy (non-hydrogen) atoms. The van der Waals surface area contributed by atoms with E-state index in [0.717, 1.165) is 5.56 Å². The number of ketones is 1. The summed E-state index contributed by atoms with van der Waals surface area (Å²) in [5, 5.41) is 2.67. The fourth-order valence-electron chi connectivity index (χ4n) is 2.22. The number of aryl methyl sites for hydroxylation is 1. The van der Waals surface area contributed by atoms with Crippen molar-refractivity contribution < 1.29 is 19.1 Å². The van der Waals surface area contributed by atoms with Crippen molar-refractivity contribution in [2.24, 2.45) is 0 Å². The monoisotopic (exact) mass is 313 g/mol. The van der Waals surface area contributed by atoms with E-state index in [1.807, 2.05) is 19.1 Å². The quantitative estimate of drug-likeness (QED) is 0.861. The highest BCUT2D eigenvalue weighted by molar-refractivity contribution is 6.14. The van der Waals surface area contributed by atoms with Crippen LogP contribution in [0.1, 0.15) is 28.4 Å². The molecule has 5 nitrogen and oxygen atoms in total. The van der Waals surface area contributed by atoms with Crippen LogP contribution in [0.2, 0.25) is 0 Å². The lowest BCUT2D eigenvalue weighted by Gasteiger charge is -2.14. The van der Waals surface area contributed by atoms with Crippen molar-refractivity contribution in [3.63, 3.8) is 0 Å². The molecule has 2 rings (SSSR count). The number of carbonyl (C=O) groups is 2. The molecule has 0 atom stereocenters. The first kappa shape index (κ1) is 16.5. The van der Waals surface area contributed by atoms with Gasteiger partial charge in [0, 0.05) is 18.6 Å². The molecule has 1 N–H and O–H groups in total. The van der Waals surface area contributed by atoms with Crippen LogP contribution in [0.4, 0.5) is 5.69 Å². The molecule has 0 fully saturated rings. The van der Waals surface area contributed by atoms with Crippen LogP contribution in [0.25, 0.3) is 0 Å². The molecule has 0 heterocycles. The predicted octanol–water partition coefficient (Wildman–Crippen LogP) is 3.20. The van der Waals surface area contributed by atoms with Crippen LogP contribution in [0.3, 0.4) is 0 Å². The van der Waals surface area contributed by atoms with Gasteiger partial charge in [-0.25, -0.2) is 0 Å². The molecule has 5 heteroatoms. The van der Waals surface area contributed by atoms with E-state index in [1.165, 1.54) is 21.1 Å². The summed E-state index contributed by atoms with van der Waals surface area (Å²) in [7, 11) is 2.99. The molecular formula is C18H19NO4. The van der Waals surface area contributed by atoms with Gasteiger partial charge in [0.25, 0.3) is 0 Å². The maximum absolute atomic E-state index is 12.8. The fraction of sp³-hybridized carbons (Fsp3) is 0.222. The number of ether oxygens (including phenoxy) is 2. The van der Waals surface area contributed by atoms with Gasteiger partial charge in [0.05, 0.1) is 25.5 Å². The van der Waals surface area contributed by atoms with Gasteiger partial charge in [-0.05, 0) is 13.0 Å². The molecule has 120 valence electrons. The largest absolute Gasteiger partial charge is 0.493 e. The Morgan fingerprint density at radius 2 is 1.52 bits per heavy atom. The average molecular weight is 313 g/mol. The molecule has 0 spiro atoms. The van der Waals surface area contributed by atoms with Gasteiger partial charge in [-0.2, -0.15) is 0 Å². The third-order valence-electron chi connectivity index (χ3n) is 3.39. The summed E-state index contributed by atoms with van der Waals surface area (Å²) >= 11 is 0. The smallest absolute Gasteiger partial charge is 0.221 e. The number of anilines is 1. The highest BCUT2D eigenvalue weighted by Crippen LogP contribution is 2.34. The van der Waals surface area contributed by atoms with Crippen LogP contribution in [0.5, 0.6) is 11.5 Å². The van der Waals surface area contributed by atoms with Gasteiger partial charge in [-0.3, -0.25) is 9.59 Å². The number of nitrogens with one attached hydrogen (secondary N) is 1. The normalized spacial score (nSPS) is 10.1. The van der Waals surface area contributed by atoms with Crippen LogP contribution in [0, 0.1) is 6.92 Å². The van der Waals surface area contributed by atoms with Crippen molar-refractivity contribution >= 4 is 17.4 Å². The summed E-state index contributed by atoms with van der Waals surface area (Å²) < 4.78 is 10.5. The maximum Gasteiger partial charge on any atom is 0.221 e. The van der Waals surface area contributed by atoms with Crippen LogP contribution >= 0.6 is 0 Å². The number of amides is 1. The van der Waals surface area contributed by atoms with Crippen molar-refractivity contribution in [3.05, 3.63) is 53.1 Å². The van der Waals surface area contributed by atoms with Crippen molar-refractivity contribution in [1.29, 1.82) is 0 Å². The topological polar surface area (TPSA) is 64.6 Å². The minimum atomic E-state index is -0.268. The molecule has 0 bridgehead atoms. The summed E-state index contributed by atoms with van der Waals surface area (Å²) in [5.74, 6) is 0.402. The second-order valence-corrected chi connectivity index (χ2v) is 5.13. The first-order valence-electron chi connectivity index (χ1n) is 7.11. The zero-order valence-electron chi connectivity index (χ0n) is 13.6. The van der Waals surface area contributed by atoms with Gasteiger partial charge in [-0.1, -0.05) is 29.8 Å². The Morgan fingerprint density at radius 3 is 2.04 bits per heavy atom. The Bertz CT molecular complexity index is 735. The maximum atomic E-state index is 12.8. The zero-order chi connectivity index (χ0) is 17.0. The van der Waals surface area contributed by atoms with E-state index >= 15 is 0 Å². The Balaban J connectivity index is 2.55. The molecule has 0 radical (unpaired) electrons. The minimum absolute atomic E-state index is 0.199. The van der Waals surface area contributed by atoms with E-state index in [1.54, 1.807) is 24.3 Å². The lowest BCUT2D eigenvalue weighted by Crippen LogP contribution is -2.12. The van der Waals surface area contributed by atoms with E-state index in [4.69, 9.17) is 9.47 Å². The molecule has 2 aromatic rings. The van der Waals surface area contributed by atoms with E-state index in [2.05, 4.69) is 5.32 Å². The predicted molar refractivity (Wildman–Crippen MR) is 88.5 cm³/mol. The van der Waals surface area contributed by atoms with Crippen LogP contribution in [0.15, 0.2) is 36.4 Å². The molecule has 0 aliphatic rings. The highest BCUT2D eigenvalue weighted by atomic mass is 16.5. The van der Waals surface area contributed by atoms with Gasteiger partial charge < -0.3 is 14.8 Å². The fourth-order valence-corrected chi connectivity index (χ4v) is 2.22. The van der Waals surface area contributed by atoms with Gasteiger partial charge in [-0.15, -0.1) is 0 Å². The second-order valence-electron chi connectivity index (χ2n) is 5.13. The Morgan fingerprint density at radius 1 is 0.957 bits per heavy atom. The summed E-state index contributed by atoms with van der Waals surface area (Å²) in [4.78, 5) is 24.2. The number of hydrogen-bond donors (Lipinski definition) is 1. The van der Waals surface area contributed by atoms with E-state index in [9.17, 15) is 9.59 Å². The molecule has 0 aliphatic heterocycles. The summed E-state index contributed by atoms with van der Waals surface area (Å²) in [6.45, 7) is 3.34. The average Bonchev–Trinajstić information content (AvgIpc) is 2.54. The molecule has 1 amide bonds. The summed E-state index contributed by atoms with van der Waals surface area (Å²) in [6.07, 6.45) is 0. The second kappa shape index (κ2) is 6.96. The van der Waals surface area contributed by atoms with Crippen molar-refractivity contribution in [1.82, 2.24) is 0 Å². The SMILES string of the molecule is COc1cc(NC(C)=O)c(C(=O)c2ccc(C)cc2)cc1OC.